The van der Waals surface area contributed by atoms with Crippen molar-refractivity contribution >= 4 is 55.1 Å². The van der Waals surface area contributed by atoms with Gasteiger partial charge in [0.05, 0.1) is 52.1 Å². The molecule has 234 valence electrons. The molecular formula is C31H27FN8O5S. The van der Waals surface area contributed by atoms with E-state index < -0.39 is 27.2 Å². The molecule has 1 aliphatic carbocycles. The second-order valence-electron chi connectivity index (χ2n) is 11.1. The summed E-state index contributed by atoms with van der Waals surface area (Å²) < 4.78 is 45.3. The van der Waals surface area contributed by atoms with Crippen LogP contribution in [0.3, 0.4) is 0 Å². The van der Waals surface area contributed by atoms with Crippen LogP contribution in [0.4, 0.5) is 21.6 Å². The van der Waals surface area contributed by atoms with Gasteiger partial charge in [0.1, 0.15) is 11.4 Å². The fourth-order valence-electron chi connectivity index (χ4n) is 5.44. The van der Waals surface area contributed by atoms with Gasteiger partial charge in [0.15, 0.2) is 5.82 Å². The summed E-state index contributed by atoms with van der Waals surface area (Å²) in [5, 5.41) is 19.8. The van der Waals surface area contributed by atoms with Crippen molar-refractivity contribution in [3.8, 4) is 0 Å². The molecule has 2 fully saturated rings. The van der Waals surface area contributed by atoms with Crippen LogP contribution in [0.1, 0.15) is 29.2 Å². The molecule has 13 nitrogen and oxygen atoms in total. The van der Waals surface area contributed by atoms with Crippen molar-refractivity contribution in [2.24, 2.45) is 10.3 Å². The summed E-state index contributed by atoms with van der Waals surface area (Å²) in [6, 6.07) is 15.9. The summed E-state index contributed by atoms with van der Waals surface area (Å²) >= 11 is 0. The van der Waals surface area contributed by atoms with Crippen molar-refractivity contribution in [3.63, 3.8) is 0 Å². The number of nitrogens with one attached hydrogen (secondary N) is 1. The maximum atomic E-state index is 15.3. The van der Waals surface area contributed by atoms with E-state index in [4.69, 9.17) is 0 Å². The van der Waals surface area contributed by atoms with E-state index in [1.807, 2.05) is 11.0 Å². The summed E-state index contributed by atoms with van der Waals surface area (Å²) in [7, 11) is -3.91. The third-order valence-electron chi connectivity index (χ3n) is 7.99. The molecule has 7 rings (SSSR count). The number of rotatable bonds is 8. The van der Waals surface area contributed by atoms with Gasteiger partial charge in [0.2, 0.25) is 5.43 Å². The lowest BCUT2D eigenvalue weighted by Gasteiger charge is -2.34. The monoisotopic (exact) mass is 642 g/mol. The summed E-state index contributed by atoms with van der Waals surface area (Å²) in [6.07, 6.45) is 4.45. The molecule has 46 heavy (non-hydrogen) atoms. The van der Waals surface area contributed by atoms with Gasteiger partial charge in [-0.1, -0.05) is 17.4 Å². The standard InChI is InChI=1S/C31H27FN8O5S/c32-24-15-22-27(40(20-7-8-20)18-23(30(22)41)31(42)43)16-28(24)38-11-13-39(14-12-38)37-35-19-5-9-21(10-6-19)46(44,45)36-29-17-33-25-3-1-2-4-26(25)34-29/h1-6,9-10,15-18,20H,7-8,11-14H2,(H,34,36)(H,42,43). The highest BCUT2D eigenvalue weighted by Gasteiger charge is 2.28. The van der Waals surface area contributed by atoms with Crippen LogP contribution in [-0.4, -0.2) is 65.2 Å². The second kappa shape index (κ2) is 11.5. The Morgan fingerprint density at radius 1 is 1.00 bits per heavy atom. The summed E-state index contributed by atoms with van der Waals surface area (Å²) in [6.45, 7) is 1.75. The first kappa shape index (κ1) is 29.3. The molecule has 3 aromatic carbocycles. The van der Waals surface area contributed by atoms with Crippen LogP contribution in [0, 0.1) is 5.82 Å². The zero-order chi connectivity index (χ0) is 32.0. The number of hydrogen-bond donors (Lipinski definition) is 2. The lowest BCUT2D eigenvalue weighted by atomic mass is 10.1. The Bertz CT molecular complexity index is 2200. The number of aromatic nitrogens is 3. The first-order chi connectivity index (χ1) is 22.2. The van der Waals surface area contributed by atoms with E-state index in [1.165, 1.54) is 24.5 Å². The normalized spacial score (nSPS) is 15.6. The maximum Gasteiger partial charge on any atom is 0.341 e. The van der Waals surface area contributed by atoms with Crippen LogP contribution in [0.15, 0.2) is 93.1 Å². The summed E-state index contributed by atoms with van der Waals surface area (Å²) in [4.78, 5) is 34.8. The van der Waals surface area contributed by atoms with Gasteiger partial charge in [0, 0.05) is 30.7 Å². The molecule has 5 aromatic rings. The zero-order valence-corrected chi connectivity index (χ0v) is 25.1. The van der Waals surface area contributed by atoms with Crippen molar-refractivity contribution < 1.29 is 22.7 Å². The number of piperazine rings is 1. The van der Waals surface area contributed by atoms with E-state index in [2.05, 4.69) is 25.0 Å². The number of benzene rings is 3. The molecule has 0 atom stereocenters. The molecule has 0 unspecified atom stereocenters. The number of carbonyl (C=O) groups is 1. The number of anilines is 2. The highest BCUT2D eigenvalue weighted by atomic mass is 32.2. The van der Waals surface area contributed by atoms with Crippen LogP contribution in [0.5, 0.6) is 0 Å². The van der Waals surface area contributed by atoms with Crippen molar-refractivity contribution in [1.29, 1.82) is 0 Å². The first-order valence-electron chi connectivity index (χ1n) is 14.5. The third-order valence-corrected chi connectivity index (χ3v) is 9.36. The van der Waals surface area contributed by atoms with E-state index in [1.54, 1.807) is 46.0 Å². The highest BCUT2D eigenvalue weighted by Crippen LogP contribution is 2.38. The van der Waals surface area contributed by atoms with Crippen molar-refractivity contribution in [2.45, 2.75) is 23.8 Å². The summed E-state index contributed by atoms with van der Waals surface area (Å²) in [5.74, 6) is -1.82. The zero-order valence-electron chi connectivity index (χ0n) is 24.2. The van der Waals surface area contributed by atoms with E-state index in [0.29, 0.717) is 54.1 Å². The second-order valence-corrected chi connectivity index (χ2v) is 12.8. The number of para-hydroxylation sites is 2. The maximum absolute atomic E-state index is 15.3. The van der Waals surface area contributed by atoms with Crippen molar-refractivity contribution in [2.75, 3.05) is 35.8 Å². The minimum absolute atomic E-state index is 0.0266. The Labute approximate surface area is 261 Å². The molecule has 0 amide bonds. The van der Waals surface area contributed by atoms with E-state index >= 15 is 4.39 Å². The Kier molecular flexibility index (Phi) is 7.31. The molecule has 3 heterocycles. The molecule has 0 radical (unpaired) electrons. The SMILES string of the molecule is O=C(O)c1cn(C2CC2)c2cc(N3CCN(N=Nc4ccc(S(=O)(=O)Nc5cnc6ccccc6n5)cc4)CC3)c(F)cc2c1=O. The molecule has 1 saturated carbocycles. The fraction of sp³-hybridized carbons (Fsp3) is 0.226. The summed E-state index contributed by atoms with van der Waals surface area (Å²) in [5.41, 5.74) is 1.46. The average Bonchev–Trinajstić information content (AvgIpc) is 3.90. The predicted molar refractivity (Wildman–Crippen MR) is 168 cm³/mol. The fourth-order valence-corrected chi connectivity index (χ4v) is 6.43. The molecule has 0 spiro atoms. The Balaban J connectivity index is 1.01. The predicted octanol–water partition coefficient (Wildman–Crippen LogP) is 4.74. The number of aromatic carboxylic acids is 1. The molecule has 2 aliphatic rings. The molecular weight excluding hydrogens is 615 g/mol. The minimum Gasteiger partial charge on any atom is -0.477 e. The van der Waals surface area contributed by atoms with Crippen LogP contribution in [0.2, 0.25) is 0 Å². The Hall–Kier alpha value is -5.44. The number of sulfonamides is 1. The molecule has 15 heteroatoms. The lowest BCUT2D eigenvalue weighted by Crippen LogP contribution is -2.44. The molecule has 1 aliphatic heterocycles. The van der Waals surface area contributed by atoms with Crippen LogP contribution < -0.4 is 15.1 Å². The molecule has 2 N–H and O–H groups in total. The van der Waals surface area contributed by atoms with E-state index in [0.717, 1.165) is 18.9 Å². The number of nitrogens with zero attached hydrogens (tertiary/aromatic N) is 7. The quantitative estimate of drug-likeness (QED) is 0.228. The van der Waals surface area contributed by atoms with Crippen LogP contribution >= 0.6 is 0 Å². The number of halogens is 1. The third kappa shape index (κ3) is 5.72. The highest BCUT2D eigenvalue weighted by molar-refractivity contribution is 7.92. The average molecular weight is 643 g/mol. The molecule has 1 saturated heterocycles. The van der Waals surface area contributed by atoms with Gasteiger partial charge in [-0.15, -0.1) is 5.11 Å². The Morgan fingerprint density at radius 3 is 2.41 bits per heavy atom. The Morgan fingerprint density at radius 2 is 1.72 bits per heavy atom. The van der Waals surface area contributed by atoms with E-state index in [-0.39, 0.29) is 27.7 Å². The smallest absolute Gasteiger partial charge is 0.341 e. The lowest BCUT2D eigenvalue weighted by molar-refractivity contribution is 0.0694. The topological polar surface area (TPSA) is 162 Å². The van der Waals surface area contributed by atoms with Gasteiger partial charge >= 0.3 is 5.97 Å². The van der Waals surface area contributed by atoms with Gasteiger partial charge in [-0.3, -0.25) is 19.5 Å². The minimum atomic E-state index is -3.91. The van der Waals surface area contributed by atoms with Gasteiger partial charge in [0.25, 0.3) is 10.0 Å². The number of pyridine rings is 1. The van der Waals surface area contributed by atoms with Crippen molar-refractivity contribution in [1.82, 2.24) is 19.5 Å². The van der Waals surface area contributed by atoms with E-state index in [9.17, 15) is 23.1 Å². The number of carboxylic acids is 1. The number of carboxylic acid groups (broad SMARTS) is 1. The van der Waals surface area contributed by atoms with Crippen LogP contribution in [0.25, 0.3) is 21.9 Å². The molecule has 2 aromatic heterocycles. The van der Waals surface area contributed by atoms with Crippen molar-refractivity contribution in [3.05, 3.63) is 94.7 Å². The molecule has 0 bridgehead atoms. The largest absolute Gasteiger partial charge is 0.477 e. The van der Waals surface area contributed by atoms with Gasteiger partial charge in [-0.2, -0.15) is 0 Å². The van der Waals surface area contributed by atoms with Crippen LogP contribution in [-0.2, 0) is 10.0 Å². The first-order valence-corrected chi connectivity index (χ1v) is 16.0. The van der Waals surface area contributed by atoms with Gasteiger partial charge < -0.3 is 14.6 Å². The van der Waals surface area contributed by atoms with Gasteiger partial charge in [-0.05, 0) is 61.4 Å². The number of hydrogen-bond acceptors (Lipinski definition) is 9. The van der Waals surface area contributed by atoms with Gasteiger partial charge in [-0.25, -0.2) is 22.6 Å². The number of fused-ring (bicyclic) bond motifs is 2.